The van der Waals surface area contributed by atoms with E-state index < -0.39 is 25.5 Å². The molecule has 1 rings (SSSR count). The number of likely N-dealkylation sites (N-methyl/N-ethyl adjacent to an activating group) is 1. The summed E-state index contributed by atoms with van der Waals surface area (Å²) in [5.74, 6) is 0.463. The van der Waals surface area contributed by atoms with Crippen molar-refractivity contribution in [2.75, 3.05) is 39.8 Å². The van der Waals surface area contributed by atoms with Crippen LogP contribution in [0.15, 0.2) is 29.3 Å². The smallest absolute Gasteiger partial charge is 0.367 e. The van der Waals surface area contributed by atoms with Gasteiger partial charge in [-0.05, 0) is 25.1 Å². The molecule has 2 N–H and O–H groups in total. The first-order chi connectivity index (χ1) is 13.5. The second kappa shape index (κ2) is 13.9. The lowest BCUT2D eigenvalue weighted by Crippen LogP contribution is -2.42. The van der Waals surface area contributed by atoms with Crippen molar-refractivity contribution >= 4 is 29.9 Å². The van der Waals surface area contributed by atoms with Gasteiger partial charge in [-0.1, -0.05) is 24.3 Å². The summed E-state index contributed by atoms with van der Waals surface area (Å²) in [5.41, 5.74) is 1.44. The zero-order chi connectivity index (χ0) is 21.9. The Balaban J connectivity index is 0.00000841. The highest BCUT2D eigenvalue weighted by Crippen LogP contribution is 2.16. The number of guanidine groups is 1. The Hall–Kier alpha value is -1.28. The van der Waals surface area contributed by atoms with Gasteiger partial charge in [-0.2, -0.15) is 26.3 Å². The van der Waals surface area contributed by atoms with Gasteiger partial charge in [-0.3, -0.25) is 4.90 Å². The molecule has 0 aliphatic rings. The van der Waals surface area contributed by atoms with E-state index >= 15 is 0 Å². The standard InChI is InChI=1S/C18H26F6N4O.HI/c1-3-25-16(26-8-9-28(2)12-17(19,20)21)27-10-14-4-6-15(7-5-14)11-29-13-18(22,23)24;/h4-7H,3,8-13H2,1-2H3,(H2,25,26,27);1H. The minimum atomic E-state index is -4.36. The van der Waals surface area contributed by atoms with E-state index in [2.05, 4.69) is 20.4 Å². The van der Waals surface area contributed by atoms with E-state index in [0.29, 0.717) is 24.6 Å². The monoisotopic (exact) mass is 556 g/mol. The third kappa shape index (κ3) is 14.7. The Kier molecular flexibility index (Phi) is 13.3. The van der Waals surface area contributed by atoms with Gasteiger partial charge in [0, 0.05) is 19.6 Å². The summed E-state index contributed by atoms with van der Waals surface area (Å²) in [5, 5.41) is 5.96. The maximum atomic E-state index is 12.3. The molecule has 174 valence electrons. The maximum Gasteiger partial charge on any atom is 0.411 e. The van der Waals surface area contributed by atoms with Crippen LogP contribution in [-0.2, 0) is 17.9 Å². The maximum absolute atomic E-state index is 12.3. The SMILES string of the molecule is CCNC(=NCc1ccc(COCC(F)(F)F)cc1)NCCN(C)CC(F)(F)F.I. The first-order valence-electron chi connectivity index (χ1n) is 8.98. The van der Waals surface area contributed by atoms with Gasteiger partial charge in [0.1, 0.15) is 6.61 Å². The number of benzene rings is 1. The van der Waals surface area contributed by atoms with E-state index in [9.17, 15) is 26.3 Å². The van der Waals surface area contributed by atoms with Crippen molar-refractivity contribution in [2.45, 2.75) is 32.4 Å². The van der Waals surface area contributed by atoms with Crippen molar-refractivity contribution in [3.05, 3.63) is 35.4 Å². The fourth-order valence-electron chi connectivity index (χ4n) is 2.29. The topological polar surface area (TPSA) is 48.9 Å². The number of nitrogens with zero attached hydrogens (tertiary/aromatic N) is 2. The van der Waals surface area contributed by atoms with Gasteiger partial charge < -0.3 is 15.4 Å². The lowest BCUT2D eigenvalue weighted by molar-refractivity contribution is -0.176. The first-order valence-corrected chi connectivity index (χ1v) is 8.98. The molecule has 30 heavy (non-hydrogen) atoms. The number of halogens is 7. The fourth-order valence-corrected chi connectivity index (χ4v) is 2.29. The molecule has 1 aromatic rings. The molecular formula is C18H27F6IN4O. The zero-order valence-electron chi connectivity index (χ0n) is 16.7. The van der Waals surface area contributed by atoms with Gasteiger partial charge >= 0.3 is 12.4 Å². The van der Waals surface area contributed by atoms with Crippen LogP contribution in [0.5, 0.6) is 0 Å². The van der Waals surface area contributed by atoms with Crippen LogP contribution in [0.1, 0.15) is 18.1 Å². The van der Waals surface area contributed by atoms with Gasteiger partial charge in [0.25, 0.3) is 0 Å². The molecule has 0 fully saturated rings. The molecule has 0 spiro atoms. The van der Waals surface area contributed by atoms with Crippen molar-refractivity contribution < 1.29 is 31.1 Å². The Morgan fingerprint density at radius 1 is 1.00 bits per heavy atom. The summed E-state index contributed by atoms with van der Waals surface area (Å²) in [4.78, 5) is 5.52. The molecule has 0 saturated carbocycles. The van der Waals surface area contributed by atoms with Crippen molar-refractivity contribution in [1.82, 2.24) is 15.5 Å². The molecule has 0 aliphatic carbocycles. The average Bonchev–Trinajstić information content (AvgIpc) is 2.58. The number of hydrogen-bond acceptors (Lipinski definition) is 3. The summed E-state index contributed by atoms with van der Waals surface area (Å²) in [6, 6.07) is 6.79. The third-order valence-electron chi connectivity index (χ3n) is 3.56. The summed E-state index contributed by atoms with van der Waals surface area (Å²) in [7, 11) is 1.39. The molecule has 0 amide bonds. The molecule has 0 bridgehead atoms. The summed E-state index contributed by atoms with van der Waals surface area (Å²) < 4.78 is 77.7. The van der Waals surface area contributed by atoms with Crippen molar-refractivity contribution in [3.8, 4) is 0 Å². The molecule has 1 aromatic carbocycles. The second-order valence-corrected chi connectivity index (χ2v) is 6.40. The van der Waals surface area contributed by atoms with Crippen molar-refractivity contribution in [2.24, 2.45) is 4.99 Å². The first kappa shape index (κ1) is 28.7. The Labute approximate surface area is 189 Å². The van der Waals surface area contributed by atoms with Crippen LogP contribution in [0.4, 0.5) is 26.3 Å². The lowest BCUT2D eigenvalue weighted by atomic mass is 10.1. The summed E-state index contributed by atoms with van der Waals surface area (Å²) in [6.07, 6.45) is -8.59. The minimum Gasteiger partial charge on any atom is -0.367 e. The van der Waals surface area contributed by atoms with Crippen molar-refractivity contribution in [3.63, 3.8) is 0 Å². The number of hydrogen-bond donors (Lipinski definition) is 2. The van der Waals surface area contributed by atoms with E-state index in [1.165, 1.54) is 7.05 Å². The molecule has 0 unspecified atom stereocenters. The molecule has 5 nitrogen and oxygen atoms in total. The predicted molar refractivity (Wildman–Crippen MR) is 114 cm³/mol. The third-order valence-corrected chi connectivity index (χ3v) is 3.56. The van der Waals surface area contributed by atoms with Crippen LogP contribution in [0.25, 0.3) is 0 Å². The van der Waals surface area contributed by atoms with Gasteiger partial charge in [-0.25, -0.2) is 4.99 Å². The van der Waals surface area contributed by atoms with Crippen LogP contribution in [0, 0.1) is 0 Å². The van der Waals surface area contributed by atoms with Crippen LogP contribution in [0.2, 0.25) is 0 Å². The van der Waals surface area contributed by atoms with Crippen molar-refractivity contribution in [1.29, 1.82) is 0 Å². The van der Waals surface area contributed by atoms with E-state index in [1.54, 1.807) is 24.3 Å². The van der Waals surface area contributed by atoms with Gasteiger partial charge in [0.2, 0.25) is 0 Å². The number of ether oxygens (including phenoxy) is 1. The van der Waals surface area contributed by atoms with Crippen LogP contribution in [-0.4, -0.2) is 63.0 Å². The molecule has 0 atom stereocenters. The molecule has 0 saturated heterocycles. The number of alkyl halides is 6. The number of aliphatic imine (C=N–C) groups is 1. The Morgan fingerprint density at radius 2 is 1.60 bits per heavy atom. The largest absolute Gasteiger partial charge is 0.411 e. The zero-order valence-corrected chi connectivity index (χ0v) is 19.1. The highest BCUT2D eigenvalue weighted by Gasteiger charge is 2.29. The highest BCUT2D eigenvalue weighted by molar-refractivity contribution is 14.0. The second-order valence-electron chi connectivity index (χ2n) is 6.40. The molecule has 0 radical (unpaired) electrons. The lowest BCUT2D eigenvalue weighted by Gasteiger charge is -2.19. The molecule has 0 aromatic heterocycles. The van der Waals surface area contributed by atoms with E-state index in [0.717, 1.165) is 10.5 Å². The Morgan fingerprint density at radius 3 is 2.13 bits per heavy atom. The number of nitrogens with one attached hydrogen (secondary N) is 2. The Bertz CT molecular complexity index is 623. The van der Waals surface area contributed by atoms with Gasteiger partial charge in [0.15, 0.2) is 5.96 Å². The van der Waals surface area contributed by atoms with Gasteiger partial charge in [0.05, 0.1) is 19.7 Å². The minimum absolute atomic E-state index is 0. The molecular weight excluding hydrogens is 529 g/mol. The van der Waals surface area contributed by atoms with E-state index in [4.69, 9.17) is 0 Å². The van der Waals surface area contributed by atoms with E-state index in [-0.39, 0.29) is 43.7 Å². The average molecular weight is 556 g/mol. The normalized spacial score (nSPS) is 12.6. The predicted octanol–water partition coefficient (Wildman–Crippen LogP) is 3.93. The molecule has 0 aliphatic heterocycles. The quantitative estimate of drug-likeness (QED) is 0.199. The fraction of sp³-hybridized carbons (Fsp3) is 0.611. The number of rotatable bonds is 10. The van der Waals surface area contributed by atoms with Crippen LogP contribution in [0.3, 0.4) is 0 Å². The van der Waals surface area contributed by atoms with Crippen LogP contribution >= 0.6 is 24.0 Å². The summed E-state index contributed by atoms with van der Waals surface area (Å²) >= 11 is 0. The van der Waals surface area contributed by atoms with Gasteiger partial charge in [-0.15, -0.1) is 24.0 Å². The van der Waals surface area contributed by atoms with E-state index in [1.807, 2.05) is 6.92 Å². The summed E-state index contributed by atoms with van der Waals surface area (Å²) in [6.45, 7) is 0.805. The molecule has 12 heteroatoms. The molecule has 0 heterocycles. The highest BCUT2D eigenvalue weighted by atomic mass is 127. The van der Waals surface area contributed by atoms with Crippen LogP contribution < -0.4 is 10.6 Å².